The molecule has 0 saturated carbocycles. The first-order valence-corrected chi connectivity index (χ1v) is 8.26. The van der Waals surface area contributed by atoms with Gasteiger partial charge in [-0.15, -0.1) is 0 Å². The molecule has 1 aromatic heterocycles. The maximum atomic E-state index is 5.76. The summed E-state index contributed by atoms with van der Waals surface area (Å²) in [6.45, 7) is 4.72. The van der Waals surface area contributed by atoms with E-state index in [1.165, 1.54) is 24.0 Å². The Morgan fingerprint density at radius 1 is 1.43 bits per heavy atom. The highest BCUT2D eigenvalue weighted by Gasteiger charge is 2.17. The van der Waals surface area contributed by atoms with Crippen molar-refractivity contribution >= 4 is 21.9 Å². The fourth-order valence-electron chi connectivity index (χ4n) is 2.64. The van der Waals surface area contributed by atoms with Crippen molar-refractivity contribution in [3.8, 4) is 5.75 Å². The van der Waals surface area contributed by atoms with Crippen molar-refractivity contribution in [2.45, 2.75) is 39.3 Å². The van der Waals surface area contributed by atoms with Crippen LogP contribution in [0.25, 0.3) is 0 Å². The number of unbranched alkanes of at least 4 members (excludes halogenated alkanes) is 1. The first kappa shape index (κ1) is 14.4. The lowest BCUT2D eigenvalue weighted by molar-refractivity contribution is 0.354. The summed E-state index contributed by atoms with van der Waals surface area (Å²) < 4.78 is 9.04. The molecule has 0 atom stereocenters. The highest BCUT2D eigenvalue weighted by Crippen LogP contribution is 2.33. The number of nitrogens with one attached hydrogen (secondary N) is 1. The van der Waals surface area contributed by atoms with Crippen molar-refractivity contribution < 1.29 is 4.74 Å². The molecule has 1 N–H and O–H groups in total. The Balaban J connectivity index is 1.72. The molecule has 0 fully saturated rings. The van der Waals surface area contributed by atoms with Crippen molar-refractivity contribution in [2.24, 2.45) is 0 Å². The summed E-state index contributed by atoms with van der Waals surface area (Å²) in [6, 6.07) is 4.27. The van der Waals surface area contributed by atoms with E-state index in [0.717, 1.165) is 42.3 Å². The monoisotopic (exact) mass is 349 g/mol. The Labute approximate surface area is 133 Å². The van der Waals surface area contributed by atoms with E-state index < -0.39 is 0 Å². The van der Waals surface area contributed by atoms with Crippen LogP contribution in [0.15, 0.2) is 29.0 Å². The first-order chi connectivity index (χ1) is 10.3. The van der Waals surface area contributed by atoms with Gasteiger partial charge in [0.1, 0.15) is 5.75 Å². The largest absolute Gasteiger partial charge is 0.493 e. The number of hydrogen-bond donors (Lipinski definition) is 1. The zero-order valence-corrected chi connectivity index (χ0v) is 13.8. The number of benzene rings is 1. The van der Waals surface area contributed by atoms with Crippen molar-refractivity contribution in [1.82, 2.24) is 9.55 Å². The van der Waals surface area contributed by atoms with Gasteiger partial charge >= 0.3 is 0 Å². The van der Waals surface area contributed by atoms with Gasteiger partial charge < -0.3 is 14.6 Å². The quantitative estimate of drug-likeness (QED) is 0.856. The molecule has 2 aromatic rings. The van der Waals surface area contributed by atoms with Crippen LogP contribution in [0.5, 0.6) is 5.75 Å². The minimum atomic E-state index is 0.727. The number of hydrogen-bond acceptors (Lipinski definition) is 3. The zero-order chi connectivity index (χ0) is 14.7. The molecule has 0 radical (unpaired) electrons. The van der Waals surface area contributed by atoms with E-state index in [0.29, 0.717) is 0 Å². The smallest absolute Gasteiger partial charge is 0.203 e. The average Bonchev–Trinajstić information content (AvgIpc) is 3.10. The minimum Gasteiger partial charge on any atom is -0.493 e. The van der Waals surface area contributed by atoms with Crippen molar-refractivity contribution in [2.75, 3.05) is 11.9 Å². The van der Waals surface area contributed by atoms with Crippen LogP contribution in [-0.2, 0) is 19.5 Å². The number of nitrogens with zero attached hydrogens (tertiary/aromatic N) is 2. The van der Waals surface area contributed by atoms with Gasteiger partial charge in [0.15, 0.2) is 0 Å². The molecule has 3 rings (SSSR count). The molecule has 0 amide bonds. The predicted octanol–water partition coefficient (Wildman–Crippen LogP) is 3.99. The lowest BCUT2D eigenvalue weighted by atomic mass is 10.1. The predicted molar refractivity (Wildman–Crippen MR) is 87.8 cm³/mol. The molecule has 2 heterocycles. The van der Waals surface area contributed by atoms with E-state index in [-0.39, 0.29) is 0 Å². The van der Waals surface area contributed by atoms with E-state index >= 15 is 0 Å². The van der Waals surface area contributed by atoms with Gasteiger partial charge in [-0.2, -0.15) is 0 Å². The van der Waals surface area contributed by atoms with Crippen LogP contribution in [-0.4, -0.2) is 16.2 Å². The fourth-order valence-corrected chi connectivity index (χ4v) is 3.19. The standard InChI is InChI=1S/C16H20BrN3O/c1-2-3-6-20-7-5-18-16(20)19-11-13-10-14(17)9-12-4-8-21-15(12)13/h5,7,9-10H,2-4,6,8,11H2,1H3,(H,18,19). The van der Waals surface area contributed by atoms with Crippen molar-refractivity contribution in [1.29, 1.82) is 0 Å². The number of aryl methyl sites for hydroxylation is 1. The van der Waals surface area contributed by atoms with Gasteiger partial charge in [-0.3, -0.25) is 0 Å². The van der Waals surface area contributed by atoms with Crippen LogP contribution in [0.1, 0.15) is 30.9 Å². The molecule has 0 unspecified atom stereocenters. The number of rotatable bonds is 6. The van der Waals surface area contributed by atoms with Crippen LogP contribution >= 0.6 is 15.9 Å². The molecule has 0 spiro atoms. The number of aromatic nitrogens is 2. The van der Waals surface area contributed by atoms with Crippen molar-refractivity contribution in [3.05, 3.63) is 40.1 Å². The van der Waals surface area contributed by atoms with E-state index in [9.17, 15) is 0 Å². The van der Waals surface area contributed by atoms with Crippen molar-refractivity contribution in [3.63, 3.8) is 0 Å². The molecule has 4 nitrogen and oxygen atoms in total. The maximum Gasteiger partial charge on any atom is 0.203 e. The lowest BCUT2D eigenvalue weighted by Gasteiger charge is -2.12. The second-order valence-corrected chi connectivity index (χ2v) is 6.22. The Morgan fingerprint density at radius 2 is 2.33 bits per heavy atom. The summed E-state index contributed by atoms with van der Waals surface area (Å²) in [5.74, 6) is 1.97. The van der Waals surface area contributed by atoms with Crippen LogP contribution in [0, 0.1) is 0 Å². The number of halogens is 1. The Morgan fingerprint density at radius 3 is 3.19 bits per heavy atom. The molecule has 5 heteroatoms. The summed E-state index contributed by atoms with van der Waals surface area (Å²) >= 11 is 3.58. The van der Waals surface area contributed by atoms with Gasteiger partial charge in [0.25, 0.3) is 0 Å². The number of imidazole rings is 1. The zero-order valence-electron chi connectivity index (χ0n) is 12.2. The van der Waals surface area contributed by atoms with Gasteiger partial charge in [-0.1, -0.05) is 29.3 Å². The molecule has 1 aromatic carbocycles. The van der Waals surface area contributed by atoms with Gasteiger partial charge in [0.05, 0.1) is 6.61 Å². The van der Waals surface area contributed by atoms with Crippen LogP contribution in [0.4, 0.5) is 5.95 Å². The third-order valence-corrected chi connectivity index (χ3v) is 4.19. The van der Waals surface area contributed by atoms with E-state index in [1.54, 1.807) is 0 Å². The normalized spacial score (nSPS) is 13.0. The Hall–Kier alpha value is -1.49. The van der Waals surface area contributed by atoms with E-state index in [2.05, 4.69) is 49.9 Å². The first-order valence-electron chi connectivity index (χ1n) is 7.47. The number of fused-ring (bicyclic) bond motifs is 1. The lowest BCUT2D eigenvalue weighted by Crippen LogP contribution is -2.08. The molecule has 1 aliphatic rings. The Kier molecular flexibility index (Phi) is 4.48. The summed E-state index contributed by atoms with van der Waals surface area (Å²) in [7, 11) is 0. The van der Waals surface area contributed by atoms with Gasteiger partial charge in [0, 0.05) is 41.9 Å². The number of anilines is 1. The van der Waals surface area contributed by atoms with E-state index in [4.69, 9.17) is 4.74 Å². The third-order valence-electron chi connectivity index (χ3n) is 3.73. The SMILES string of the molecule is CCCCn1ccnc1NCc1cc(Br)cc2c1OCC2. The summed E-state index contributed by atoms with van der Waals surface area (Å²) in [5.41, 5.74) is 2.47. The summed E-state index contributed by atoms with van der Waals surface area (Å²) in [4.78, 5) is 4.40. The summed E-state index contributed by atoms with van der Waals surface area (Å²) in [5, 5.41) is 3.43. The second kappa shape index (κ2) is 6.52. The van der Waals surface area contributed by atoms with Crippen LogP contribution < -0.4 is 10.1 Å². The molecule has 1 aliphatic heterocycles. The minimum absolute atomic E-state index is 0.727. The van der Waals surface area contributed by atoms with Gasteiger partial charge in [0.2, 0.25) is 5.95 Å². The second-order valence-electron chi connectivity index (χ2n) is 5.30. The molecule has 0 aliphatic carbocycles. The van der Waals surface area contributed by atoms with E-state index in [1.807, 2.05) is 12.4 Å². The average molecular weight is 350 g/mol. The van der Waals surface area contributed by atoms with Crippen LogP contribution in [0.2, 0.25) is 0 Å². The highest BCUT2D eigenvalue weighted by atomic mass is 79.9. The molecular weight excluding hydrogens is 330 g/mol. The number of ether oxygens (including phenoxy) is 1. The van der Waals surface area contributed by atoms with Crippen LogP contribution in [0.3, 0.4) is 0 Å². The molecule has 112 valence electrons. The topological polar surface area (TPSA) is 39.1 Å². The Bertz CT molecular complexity index is 624. The summed E-state index contributed by atoms with van der Waals surface area (Å²) in [6.07, 6.45) is 7.22. The molecule has 21 heavy (non-hydrogen) atoms. The van der Waals surface area contributed by atoms with Gasteiger partial charge in [-0.05, 0) is 24.1 Å². The molecule has 0 bridgehead atoms. The maximum absolute atomic E-state index is 5.76. The molecular formula is C16H20BrN3O. The fraction of sp³-hybridized carbons (Fsp3) is 0.438. The highest BCUT2D eigenvalue weighted by molar-refractivity contribution is 9.10. The third kappa shape index (κ3) is 3.23. The molecule has 0 saturated heterocycles. The van der Waals surface area contributed by atoms with Gasteiger partial charge in [-0.25, -0.2) is 4.98 Å².